The lowest BCUT2D eigenvalue weighted by Crippen LogP contribution is -2.34. The maximum atomic E-state index is 12.4. The maximum absolute atomic E-state index is 12.4. The van der Waals surface area contributed by atoms with Crippen LogP contribution in [0.15, 0.2) is 16.3 Å². The van der Waals surface area contributed by atoms with Gasteiger partial charge < -0.3 is 5.32 Å². The summed E-state index contributed by atoms with van der Waals surface area (Å²) in [5.41, 5.74) is 0. The summed E-state index contributed by atoms with van der Waals surface area (Å²) in [4.78, 5) is 1.11. The first-order valence-electron chi connectivity index (χ1n) is 7.30. The lowest BCUT2D eigenvalue weighted by Gasteiger charge is -2.15. The number of sulfonamides is 1. The molecule has 4 nitrogen and oxygen atoms in total. The number of rotatable bonds is 9. The van der Waals surface area contributed by atoms with E-state index in [2.05, 4.69) is 10.0 Å². The molecule has 6 heteroatoms. The van der Waals surface area contributed by atoms with E-state index in [1.165, 1.54) is 24.2 Å². The second kappa shape index (κ2) is 7.02. The highest BCUT2D eigenvalue weighted by molar-refractivity contribution is 7.91. The van der Waals surface area contributed by atoms with Gasteiger partial charge in [-0.1, -0.05) is 19.8 Å². The molecule has 0 aromatic carbocycles. The van der Waals surface area contributed by atoms with Crippen molar-refractivity contribution in [3.05, 3.63) is 17.0 Å². The van der Waals surface area contributed by atoms with Gasteiger partial charge in [-0.15, -0.1) is 11.3 Å². The molecule has 20 heavy (non-hydrogen) atoms. The van der Waals surface area contributed by atoms with Crippen molar-refractivity contribution in [3.8, 4) is 0 Å². The average Bonchev–Trinajstić information content (AvgIpc) is 3.09. The van der Waals surface area contributed by atoms with Crippen molar-refractivity contribution in [2.45, 2.75) is 49.3 Å². The highest BCUT2D eigenvalue weighted by atomic mass is 32.2. The molecule has 2 N–H and O–H groups in total. The van der Waals surface area contributed by atoms with E-state index in [-0.39, 0.29) is 6.04 Å². The maximum Gasteiger partial charge on any atom is 0.250 e. The first kappa shape index (κ1) is 15.9. The van der Waals surface area contributed by atoms with Crippen LogP contribution < -0.4 is 10.0 Å². The van der Waals surface area contributed by atoms with E-state index in [1.54, 1.807) is 6.07 Å². The smallest absolute Gasteiger partial charge is 0.250 e. The van der Waals surface area contributed by atoms with E-state index < -0.39 is 10.0 Å². The van der Waals surface area contributed by atoms with Crippen LogP contribution in [-0.4, -0.2) is 28.1 Å². The van der Waals surface area contributed by atoms with Gasteiger partial charge in [0.25, 0.3) is 0 Å². The second-order valence-corrected chi connectivity index (χ2v) is 8.59. The van der Waals surface area contributed by atoms with E-state index in [9.17, 15) is 8.42 Å². The standard InChI is InChI=1S/C14H24N2O2S2/c1-3-12(10-11-4-5-11)16-20(17,18)14-7-6-13(19-14)8-9-15-2/h6-7,11-12,15-16H,3-5,8-10H2,1-2H3. The molecular weight excluding hydrogens is 292 g/mol. The van der Waals surface area contributed by atoms with Gasteiger partial charge in [0.05, 0.1) is 0 Å². The lowest BCUT2D eigenvalue weighted by molar-refractivity contribution is 0.496. The molecule has 114 valence electrons. The Morgan fingerprint density at radius 1 is 1.40 bits per heavy atom. The first-order chi connectivity index (χ1) is 9.55. The highest BCUT2D eigenvalue weighted by Crippen LogP contribution is 2.34. The summed E-state index contributed by atoms with van der Waals surface area (Å²) < 4.78 is 28.1. The summed E-state index contributed by atoms with van der Waals surface area (Å²) in [6.45, 7) is 2.91. The summed E-state index contributed by atoms with van der Waals surface area (Å²) in [6, 6.07) is 3.72. The summed E-state index contributed by atoms with van der Waals surface area (Å²) in [5, 5.41) is 3.08. The van der Waals surface area contributed by atoms with E-state index in [0.717, 1.165) is 36.6 Å². The molecular formula is C14H24N2O2S2. The zero-order valence-corrected chi connectivity index (χ0v) is 13.8. The zero-order valence-electron chi connectivity index (χ0n) is 12.2. The fraction of sp³-hybridized carbons (Fsp3) is 0.714. The predicted molar refractivity (Wildman–Crippen MR) is 83.7 cm³/mol. The van der Waals surface area contributed by atoms with Gasteiger partial charge in [-0.25, -0.2) is 13.1 Å². The van der Waals surface area contributed by atoms with Crippen molar-refractivity contribution in [1.82, 2.24) is 10.0 Å². The third-order valence-electron chi connectivity index (χ3n) is 3.65. The van der Waals surface area contributed by atoms with Crippen LogP contribution in [0.2, 0.25) is 0 Å². The fourth-order valence-corrected chi connectivity index (χ4v) is 4.92. The third kappa shape index (κ3) is 4.55. The minimum absolute atomic E-state index is 0.0790. The molecule has 1 aromatic heterocycles. The monoisotopic (exact) mass is 316 g/mol. The summed E-state index contributed by atoms with van der Waals surface area (Å²) in [7, 11) is -1.45. The number of likely N-dealkylation sites (N-methyl/N-ethyl adjacent to an activating group) is 1. The predicted octanol–water partition coefficient (Wildman–Crippen LogP) is 2.37. The van der Waals surface area contributed by atoms with E-state index in [0.29, 0.717) is 4.21 Å². The van der Waals surface area contributed by atoms with Crippen molar-refractivity contribution in [2.24, 2.45) is 5.92 Å². The van der Waals surface area contributed by atoms with Crippen LogP contribution in [0.25, 0.3) is 0 Å². The van der Waals surface area contributed by atoms with E-state index >= 15 is 0 Å². The number of hydrogen-bond donors (Lipinski definition) is 2. The minimum Gasteiger partial charge on any atom is -0.319 e. The Kier molecular flexibility index (Phi) is 5.60. The molecule has 0 saturated heterocycles. The molecule has 1 fully saturated rings. The van der Waals surface area contributed by atoms with Crippen LogP contribution in [0.5, 0.6) is 0 Å². The summed E-state index contributed by atoms with van der Waals surface area (Å²) in [6.07, 6.45) is 5.22. The minimum atomic E-state index is -3.35. The van der Waals surface area contributed by atoms with Crippen LogP contribution in [-0.2, 0) is 16.4 Å². The van der Waals surface area contributed by atoms with Gasteiger partial charge in [-0.3, -0.25) is 0 Å². The molecule has 1 saturated carbocycles. The zero-order chi connectivity index (χ0) is 14.6. The number of hydrogen-bond acceptors (Lipinski definition) is 4. The van der Waals surface area contributed by atoms with Gasteiger partial charge in [0.2, 0.25) is 10.0 Å². The molecule has 0 amide bonds. The third-order valence-corrected chi connectivity index (χ3v) is 6.81. The van der Waals surface area contributed by atoms with Gasteiger partial charge in [-0.2, -0.15) is 0 Å². The summed E-state index contributed by atoms with van der Waals surface area (Å²) in [5.74, 6) is 0.733. The molecule has 1 aromatic rings. The van der Waals surface area contributed by atoms with Crippen LogP contribution in [0.1, 0.15) is 37.5 Å². The van der Waals surface area contributed by atoms with E-state index in [4.69, 9.17) is 0 Å². The molecule has 0 bridgehead atoms. The molecule has 0 spiro atoms. The van der Waals surface area contributed by atoms with Crippen molar-refractivity contribution in [1.29, 1.82) is 0 Å². The molecule has 0 aliphatic heterocycles. The molecule has 1 atom stereocenters. The molecule has 2 rings (SSSR count). The molecule has 1 unspecified atom stereocenters. The normalized spacial score (nSPS) is 17.3. The van der Waals surface area contributed by atoms with Crippen molar-refractivity contribution < 1.29 is 8.42 Å². The Morgan fingerprint density at radius 2 is 2.15 bits per heavy atom. The van der Waals surface area contributed by atoms with Crippen molar-refractivity contribution >= 4 is 21.4 Å². The Morgan fingerprint density at radius 3 is 2.75 bits per heavy atom. The topological polar surface area (TPSA) is 58.2 Å². The molecule has 1 aliphatic rings. The number of thiophene rings is 1. The van der Waals surface area contributed by atoms with Gasteiger partial charge in [0, 0.05) is 10.9 Å². The van der Waals surface area contributed by atoms with Crippen molar-refractivity contribution in [3.63, 3.8) is 0 Å². The van der Waals surface area contributed by atoms with Crippen molar-refractivity contribution in [2.75, 3.05) is 13.6 Å². The molecule has 1 aliphatic carbocycles. The van der Waals surface area contributed by atoms with Gasteiger partial charge in [0.1, 0.15) is 4.21 Å². The average molecular weight is 316 g/mol. The Hall–Kier alpha value is -0.430. The van der Waals surface area contributed by atoms with Crippen LogP contribution in [0.3, 0.4) is 0 Å². The lowest BCUT2D eigenvalue weighted by atomic mass is 10.1. The Bertz CT molecular complexity index is 521. The largest absolute Gasteiger partial charge is 0.319 e. The second-order valence-electron chi connectivity index (χ2n) is 5.48. The highest BCUT2D eigenvalue weighted by Gasteiger charge is 2.28. The number of nitrogens with one attached hydrogen (secondary N) is 2. The van der Waals surface area contributed by atoms with Gasteiger partial charge in [-0.05, 0) is 50.9 Å². The van der Waals surface area contributed by atoms with E-state index in [1.807, 2.05) is 20.0 Å². The summed E-state index contributed by atoms with van der Waals surface area (Å²) >= 11 is 1.38. The fourth-order valence-electron chi connectivity index (χ4n) is 2.22. The first-order valence-corrected chi connectivity index (χ1v) is 9.60. The van der Waals surface area contributed by atoms with Crippen LogP contribution in [0.4, 0.5) is 0 Å². The molecule has 1 heterocycles. The van der Waals surface area contributed by atoms with Crippen LogP contribution in [0, 0.1) is 5.92 Å². The van der Waals surface area contributed by atoms with Crippen LogP contribution >= 0.6 is 11.3 Å². The van der Waals surface area contributed by atoms with Gasteiger partial charge in [0.15, 0.2) is 0 Å². The SMILES string of the molecule is CCC(CC1CC1)NS(=O)(=O)c1ccc(CCNC)s1. The van der Waals surface area contributed by atoms with Gasteiger partial charge >= 0.3 is 0 Å². The molecule has 0 radical (unpaired) electrons. The Balaban J connectivity index is 1.98. The quantitative estimate of drug-likeness (QED) is 0.735. The Labute approximate surface area is 126 Å².